The van der Waals surface area contributed by atoms with Gasteiger partial charge in [-0.25, -0.2) is 0 Å². The predicted octanol–water partition coefficient (Wildman–Crippen LogP) is 4.40. The van der Waals surface area contributed by atoms with Crippen LogP contribution in [0.15, 0.2) is 48.5 Å². The van der Waals surface area contributed by atoms with E-state index in [9.17, 15) is 9.59 Å². The first-order valence-corrected chi connectivity index (χ1v) is 10.7. The normalized spacial score (nSPS) is 12.7. The van der Waals surface area contributed by atoms with Gasteiger partial charge in [0.1, 0.15) is 11.8 Å². The summed E-state index contributed by atoms with van der Waals surface area (Å²) in [5, 5.41) is 3.02. The van der Waals surface area contributed by atoms with Crippen LogP contribution in [0.2, 0.25) is 0 Å². The van der Waals surface area contributed by atoms with E-state index in [0.717, 1.165) is 23.1 Å². The van der Waals surface area contributed by atoms with Crippen LogP contribution in [-0.2, 0) is 16.1 Å². The van der Waals surface area contributed by atoms with E-state index in [1.165, 1.54) is 0 Å². The van der Waals surface area contributed by atoms with Crippen LogP contribution in [0.25, 0.3) is 0 Å². The maximum Gasteiger partial charge on any atom is 0.261 e. The van der Waals surface area contributed by atoms with Gasteiger partial charge < -0.3 is 15.0 Å². The van der Waals surface area contributed by atoms with Gasteiger partial charge in [0, 0.05) is 12.6 Å². The van der Waals surface area contributed by atoms with Crippen molar-refractivity contribution in [1.29, 1.82) is 0 Å². The summed E-state index contributed by atoms with van der Waals surface area (Å²) in [5.74, 6) is 0.326. The van der Waals surface area contributed by atoms with Crippen molar-refractivity contribution in [3.8, 4) is 5.75 Å². The Bertz CT molecular complexity index is 850. The summed E-state index contributed by atoms with van der Waals surface area (Å²) in [6.07, 6.45) is 1.37. The average Bonchev–Trinajstić information content (AvgIpc) is 2.73. The number of ether oxygens (including phenoxy) is 1. The van der Waals surface area contributed by atoms with E-state index in [-0.39, 0.29) is 24.5 Å². The van der Waals surface area contributed by atoms with E-state index in [1.54, 1.807) is 4.90 Å². The van der Waals surface area contributed by atoms with Gasteiger partial charge in [-0.2, -0.15) is 0 Å². The second-order valence-corrected chi connectivity index (χ2v) is 7.80. The molecule has 2 amide bonds. The lowest BCUT2D eigenvalue weighted by Gasteiger charge is -2.31. The molecule has 162 valence electrons. The Morgan fingerprint density at radius 2 is 1.77 bits per heavy atom. The van der Waals surface area contributed by atoms with Crippen molar-refractivity contribution in [3.63, 3.8) is 0 Å². The molecule has 30 heavy (non-hydrogen) atoms. The lowest BCUT2D eigenvalue weighted by Crippen LogP contribution is -2.51. The molecule has 0 radical (unpaired) electrons. The Labute approximate surface area is 180 Å². The molecular weight excluding hydrogens is 376 g/mol. The quantitative estimate of drug-likeness (QED) is 0.631. The summed E-state index contributed by atoms with van der Waals surface area (Å²) in [4.78, 5) is 27.8. The van der Waals surface area contributed by atoms with Gasteiger partial charge in [0.05, 0.1) is 0 Å². The number of nitrogens with zero attached hydrogens (tertiary/aromatic N) is 1. The Morgan fingerprint density at radius 3 is 2.40 bits per heavy atom. The number of hydrogen-bond acceptors (Lipinski definition) is 3. The minimum absolute atomic E-state index is 0.0607. The van der Waals surface area contributed by atoms with E-state index in [0.29, 0.717) is 18.7 Å². The largest absolute Gasteiger partial charge is 0.484 e. The molecule has 5 nitrogen and oxygen atoms in total. The highest BCUT2D eigenvalue weighted by Gasteiger charge is 2.29. The average molecular weight is 411 g/mol. The molecule has 0 saturated heterocycles. The summed E-state index contributed by atoms with van der Waals surface area (Å²) in [6, 6.07) is 15.0. The molecule has 0 saturated carbocycles. The Kier molecular flexibility index (Phi) is 8.90. The van der Waals surface area contributed by atoms with Crippen LogP contribution in [-0.4, -0.2) is 35.4 Å². The van der Waals surface area contributed by atoms with Gasteiger partial charge in [0.15, 0.2) is 6.61 Å². The lowest BCUT2D eigenvalue weighted by molar-refractivity contribution is -0.143. The van der Waals surface area contributed by atoms with Gasteiger partial charge in [-0.05, 0) is 62.4 Å². The second-order valence-electron chi connectivity index (χ2n) is 7.80. The van der Waals surface area contributed by atoms with E-state index in [4.69, 9.17) is 4.74 Å². The fourth-order valence-electron chi connectivity index (χ4n) is 3.26. The number of hydrogen-bond donors (Lipinski definition) is 1. The van der Waals surface area contributed by atoms with Crippen molar-refractivity contribution >= 4 is 11.8 Å². The summed E-state index contributed by atoms with van der Waals surface area (Å²) < 4.78 is 5.75. The molecule has 1 N–H and O–H groups in total. The monoisotopic (exact) mass is 410 g/mol. The van der Waals surface area contributed by atoms with Gasteiger partial charge in [-0.1, -0.05) is 50.2 Å². The second kappa shape index (κ2) is 11.4. The molecule has 0 aliphatic heterocycles. The number of amides is 2. The molecule has 2 aromatic rings. The maximum atomic E-state index is 13.2. The van der Waals surface area contributed by atoms with Crippen molar-refractivity contribution in [3.05, 3.63) is 65.2 Å². The standard InChI is InChI=1S/C25H34N2O3/c1-6-20(5)26-25(29)23(7-2)27(16-21-13-9-8-12-19(21)4)24(28)17-30-22-14-10-11-18(3)15-22/h8-15,20,23H,6-7,16-17H2,1-5H3,(H,26,29). The molecule has 2 unspecified atom stereocenters. The van der Waals surface area contributed by atoms with Gasteiger partial charge in [0.25, 0.3) is 5.91 Å². The molecule has 2 atom stereocenters. The van der Waals surface area contributed by atoms with Crippen LogP contribution in [0.5, 0.6) is 5.75 Å². The van der Waals surface area contributed by atoms with Gasteiger partial charge in [-0.15, -0.1) is 0 Å². The highest BCUT2D eigenvalue weighted by atomic mass is 16.5. The molecule has 5 heteroatoms. The van der Waals surface area contributed by atoms with Gasteiger partial charge >= 0.3 is 0 Å². The third kappa shape index (κ3) is 6.61. The molecule has 0 heterocycles. The molecule has 0 aromatic heterocycles. The number of rotatable bonds is 10. The SMILES string of the molecule is CCC(C)NC(=O)C(CC)N(Cc1ccccc1C)C(=O)COc1cccc(C)c1. The Balaban J connectivity index is 2.23. The summed E-state index contributed by atoms with van der Waals surface area (Å²) in [7, 11) is 0. The van der Waals surface area contributed by atoms with Crippen LogP contribution < -0.4 is 10.1 Å². The molecule has 2 rings (SSSR count). The zero-order chi connectivity index (χ0) is 22.1. The van der Waals surface area contributed by atoms with Crippen LogP contribution in [0.4, 0.5) is 0 Å². The highest BCUT2D eigenvalue weighted by Crippen LogP contribution is 2.17. The molecule has 0 aliphatic carbocycles. The Morgan fingerprint density at radius 1 is 1.03 bits per heavy atom. The minimum Gasteiger partial charge on any atom is -0.484 e. The smallest absolute Gasteiger partial charge is 0.261 e. The zero-order valence-electron chi connectivity index (χ0n) is 18.8. The van der Waals surface area contributed by atoms with Crippen LogP contribution in [0.1, 0.15) is 50.3 Å². The number of carbonyl (C=O) groups is 2. The summed E-state index contributed by atoms with van der Waals surface area (Å²) >= 11 is 0. The molecular formula is C25H34N2O3. The summed E-state index contributed by atoms with van der Waals surface area (Å²) in [6.45, 7) is 10.2. The van der Waals surface area contributed by atoms with E-state index in [1.807, 2.05) is 83.1 Å². The van der Waals surface area contributed by atoms with Crippen LogP contribution in [0.3, 0.4) is 0 Å². The van der Waals surface area contributed by atoms with Crippen molar-refractivity contribution in [2.75, 3.05) is 6.61 Å². The number of nitrogens with one attached hydrogen (secondary N) is 1. The molecule has 0 spiro atoms. The first-order valence-electron chi connectivity index (χ1n) is 10.7. The molecule has 2 aromatic carbocycles. The maximum absolute atomic E-state index is 13.2. The van der Waals surface area contributed by atoms with E-state index < -0.39 is 6.04 Å². The Hall–Kier alpha value is -2.82. The van der Waals surface area contributed by atoms with Gasteiger partial charge in [0.2, 0.25) is 5.91 Å². The topological polar surface area (TPSA) is 58.6 Å². The van der Waals surface area contributed by atoms with Crippen LogP contribution in [0, 0.1) is 13.8 Å². The third-order valence-corrected chi connectivity index (χ3v) is 5.34. The first-order chi connectivity index (χ1) is 14.3. The molecule has 0 fully saturated rings. The fourth-order valence-corrected chi connectivity index (χ4v) is 3.26. The van der Waals surface area contributed by atoms with Crippen molar-refractivity contribution in [2.45, 2.75) is 66.1 Å². The van der Waals surface area contributed by atoms with Gasteiger partial charge in [-0.3, -0.25) is 9.59 Å². The third-order valence-electron chi connectivity index (χ3n) is 5.34. The summed E-state index contributed by atoms with van der Waals surface area (Å²) in [5.41, 5.74) is 3.18. The fraction of sp³-hybridized carbons (Fsp3) is 0.440. The van der Waals surface area contributed by atoms with Crippen molar-refractivity contribution < 1.29 is 14.3 Å². The highest BCUT2D eigenvalue weighted by molar-refractivity contribution is 5.88. The minimum atomic E-state index is -0.549. The first kappa shape index (κ1) is 23.5. The van der Waals surface area contributed by atoms with Crippen molar-refractivity contribution in [1.82, 2.24) is 10.2 Å². The molecule has 0 aliphatic rings. The number of aryl methyl sites for hydroxylation is 2. The van der Waals surface area contributed by atoms with Crippen molar-refractivity contribution in [2.24, 2.45) is 0 Å². The zero-order valence-corrected chi connectivity index (χ0v) is 18.8. The molecule has 0 bridgehead atoms. The number of carbonyl (C=O) groups excluding carboxylic acids is 2. The van der Waals surface area contributed by atoms with E-state index in [2.05, 4.69) is 5.32 Å². The van der Waals surface area contributed by atoms with Crippen LogP contribution >= 0.6 is 0 Å². The van der Waals surface area contributed by atoms with E-state index >= 15 is 0 Å². The lowest BCUT2D eigenvalue weighted by atomic mass is 10.1. The number of benzene rings is 2. The predicted molar refractivity (Wildman–Crippen MR) is 120 cm³/mol.